The molecular weight excluding hydrogens is 358 g/mol. The molecule has 2 heterocycles. The third-order valence-corrected chi connectivity index (χ3v) is 5.51. The van der Waals surface area contributed by atoms with Gasteiger partial charge in [-0.15, -0.1) is 0 Å². The van der Waals surface area contributed by atoms with Crippen LogP contribution in [0.15, 0.2) is 18.2 Å². The van der Waals surface area contributed by atoms with Crippen LogP contribution >= 0.6 is 0 Å². The second-order valence-corrected chi connectivity index (χ2v) is 7.71. The molecule has 156 valence electrons. The van der Waals surface area contributed by atoms with E-state index in [0.717, 1.165) is 56.1 Å². The number of carbonyl (C=O) groups excluding carboxylic acids is 1. The molecule has 0 saturated carbocycles. The van der Waals surface area contributed by atoms with E-state index >= 15 is 0 Å². The molecule has 3 atom stereocenters. The van der Waals surface area contributed by atoms with Gasteiger partial charge in [-0.1, -0.05) is 0 Å². The van der Waals surface area contributed by atoms with E-state index in [4.69, 9.17) is 14.2 Å². The SMILES string of the molecule is COc1ccc(OC)c(C2CCCN2C(=O)NCCN2CC(C)OC(C)C2)c1. The van der Waals surface area contributed by atoms with Crippen LogP contribution in [0.1, 0.15) is 38.3 Å². The lowest BCUT2D eigenvalue weighted by molar-refractivity contribution is -0.0672. The Hall–Kier alpha value is -1.99. The molecule has 7 nitrogen and oxygen atoms in total. The second kappa shape index (κ2) is 9.47. The first-order chi connectivity index (χ1) is 13.5. The Morgan fingerprint density at radius 2 is 1.96 bits per heavy atom. The maximum atomic E-state index is 12.9. The van der Waals surface area contributed by atoms with Crippen LogP contribution in [0.5, 0.6) is 11.5 Å². The number of nitrogens with zero attached hydrogens (tertiary/aromatic N) is 2. The van der Waals surface area contributed by atoms with Gasteiger partial charge in [-0.25, -0.2) is 4.79 Å². The average Bonchev–Trinajstić information content (AvgIpc) is 3.16. The molecular formula is C21H33N3O4. The average molecular weight is 392 g/mol. The summed E-state index contributed by atoms with van der Waals surface area (Å²) in [5.74, 6) is 1.57. The maximum absolute atomic E-state index is 12.9. The van der Waals surface area contributed by atoms with Crippen LogP contribution in [0.4, 0.5) is 4.79 Å². The van der Waals surface area contributed by atoms with Gasteiger partial charge in [0, 0.05) is 38.3 Å². The number of hydrogen-bond donors (Lipinski definition) is 1. The van der Waals surface area contributed by atoms with Gasteiger partial charge >= 0.3 is 6.03 Å². The largest absolute Gasteiger partial charge is 0.497 e. The minimum absolute atomic E-state index is 0.00785. The Balaban J connectivity index is 1.59. The number of morpholine rings is 1. The van der Waals surface area contributed by atoms with Gasteiger partial charge in [0.05, 0.1) is 32.5 Å². The summed E-state index contributed by atoms with van der Waals surface area (Å²) in [5, 5.41) is 3.10. The van der Waals surface area contributed by atoms with Crippen LogP contribution in [0.3, 0.4) is 0 Å². The van der Waals surface area contributed by atoms with Crippen LogP contribution in [-0.2, 0) is 4.74 Å². The molecule has 28 heavy (non-hydrogen) atoms. The van der Waals surface area contributed by atoms with Crippen molar-refractivity contribution < 1.29 is 19.0 Å². The quantitative estimate of drug-likeness (QED) is 0.808. The molecule has 2 aliphatic heterocycles. The molecule has 2 aliphatic rings. The van der Waals surface area contributed by atoms with Crippen molar-refractivity contribution in [2.24, 2.45) is 0 Å². The minimum Gasteiger partial charge on any atom is -0.497 e. The van der Waals surface area contributed by atoms with Gasteiger partial charge in [-0.05, 0) is 44.9 Å². The number of benzene rings is 1. The second-order valence-electron chi connectivity index (χ2n) is 7.71. The molecule has 0 aliphatic carbocycles. The predicted octanol–water partition coefficient (Wildman–Crippen LogP) is 2.66. The topological polar surface area (TPSA) is 63.3 Å². The predicted molar refractivity (Wildman–Crippen MR) is 108 cm³/mol. The number of nitrogens with one attached hydrogen (secondary N) is 1. The lowest BCUT2D eigenvalue weighted by atomic mass is 10.0. The molecule has 1 N–H and O–H groups in total. The standard InChI is InChI=1S/C21H33N3O4/c1-15-13-23(14-16(2)28-15)11-9-22-21(25)24-10-5-6-19(24)18-12-17(26-3)7-8-20(18)27-4/h7-8,12,15-16,19H,5-6,9-11,13-14H2,1-4H3,(H,22,25). The molecule has 2 amide bonds. The monoisotopic (exact) mass is 391 g/mol. The molecule has 7 heteroatoms. The van der Waals surface area contributed by atoms with E-state index < -0.39 is 0 Å². The van der Waals surface area contributed by atoms with Crippen molar-refractivity contribution in [2.75, 3.05) is 46.9 Å². The highest BCUT2D eigenvalue weighted by molar-refractivity contribution is 5.75. The summed E-state index contributed by atoms with van der Waals surface area (Å²) >= 11 is 0. The van der Waals surface area contributed by atoms with E-state index in [-0.39, 0.29) is 24.3 Å². The summed E-state index contributed by atoms with van der Waals surface area (Å²) in [4.78, 5) is 17.1. The van der Waals surface area contributed by atoms with Crippen molar-refractivity contribution >= 4 is 6.03 Å². The zero-order valence-electron chi connectivity index (χ0n) is 17.4. The van der Waals surface area contributed by atoms with Gasteiger partial charge in [0.1, 0.15) is 11.5 Å². The fourth-order valence-electron chi connectivity index (χ4n) is 4.32. The number of carbonyl (C=O) groups is 1. The molecule has 0 aromatic heterocycles. The van der Waals surface area contributed by atoms with Gasteiger partial charge in [0.15, 0.2) is 0 Å². The molecule has 0 spiro atoms. The van der Waals surface area contributed by atoms with E-state index in [1.54, 1.807) is 14.2 Å². The van der Waals surface area contributed by atoms with Crippen LogP contribution in [-0.4, -0.2) is 75.0 Å². The third-order valence-electron chi connectivity index (χ3n) is 5.51. The van der Waals surface area contributed by atoms with Crippen molar-refractivity contribution in [2.45, 2.75) is 44.9 Å². The Kier molecular flexibility index (Phi) is 7.02. The normalized spacial score (nSPS) is 25.6. The Labute approximate surface area is 167 Å². The summed E-state index contributed by atoms with van der Waals surface area (Å²) in [6.45, 7) is 8.24. The van der Waals surface area contributed by atoms with E-state index in [9.17, 15) is 4.79 Å². The first-order valence-corrected chi connectivity index (χ1v) is 10.2. The smallest absolute Gasteiger partial charge is 0.317 e. The minimum atomic E-state index is -0.0123. The van der Waals surface area contributed by atoms with Gasteiger partial charge in [-0.2, -0.15) is 0 Å². The summed E-state index contributed by atoms with van der Waals surface area (Å²) in [5.41, 5.74) is 1.00. The summed E-state index contributed by atoms with van der Waals surface area (Å²) in [6.07, 6.45) is 2.39. The van der Waals surface area contributed by atoms with Gasteiger partial charge in [-0.3, -0.25) is 4.90 Å². The number of ether oxygens (including phenoxy) is 3. The fourth-order valence-corrected chi connectivity index (χ4v) is 4.32. The lowest BCUT2D eigenvalue weighted by Gasteiger charge is -2.35. The number of likely N-dealkylation sites (tertiary alicyclic amines) is 1. The molecule has 0 radical (unpaired) electrons. The first-order valence-electron chi connectivity index (χ1n) is 10.2. The van der Waals surface area contributed by atoms with E-state index in [0.29, 0.717) is 6.54 Å². The van der Waals surface area contributed by atoms with Crippen molar-refractivity contribution in [3.63, 3.8) is 0 Å². The lowest BCUT2D eigenvalue weighted by Crippen LogP contribution is -2.49. The number of methoxy groups -OCH3 is 2. The molecule has 2 fully saturated rings. The highest BCUT2D eigenvalue weighted by atomic mass is 16.5. The molecule has 1 aromatic rings. The highest BCUT2D eigenvalue weighted by Crippen LogP contribution is 2.38. The Morgan fingerprint density at radius 3 is 2.64 bits per heavy atom. The highest BCUT2D eigenvalue weighted by Gasteiger charge is 2.32. The van der Waals surface area contributed by atoms with Crippen LogP contribution < -0.4 is 14.8 Å². The molecule has 2 saturated heterocycles. The van der Waals surface area contributed by atoms with Gasteiger partial charge in [0.2, 0.25) is 0 Å². The summed E-state index contributed by atoms with van der Waals surface area (Å²) in [7, 11) is 3.31. The zero-order chi connectivity index (χ0) is 20.1. The van der Waals surface area contributed by atoms with Gasteiger partial charge in [0.25, 0.3) is 0 Å². The van der Waals surface area contributed by atoms with Crippen LogP contribution in [0, 0.1) is 0 Å². The van der Waals surface area contributed by atoms with Crippen molar-refractivity contribution in [1.82, 2.24) is 15.1 Å². The van der Waals surface area contributed by atoms with Crippen LogP contribution in [0.25, 0.3) is 0 Å². The summed E-state index contributed by atoms with van der Waals surface area (Å²) in [6, 6.07) is 5.76. The van der Waals surface area contributed by atoms with Crippen molar-refractivity contribution in [1.29, 1.82) is 0 Å². The first kappa shape index (κ1) is 20.7. The number of urea groups is 1. The Bertz CT molecular complexity index is 659. The van der Waals surface area contributed by atoms with Crippen LogP contribution in [0.2, 0.25) is 0 Å². The maximum Gasteiger partial charge on any atom is 0.317 e. The van der Waals surface area contributed by atoms with Gasteiger partial charge < -0.3 is 24.4 Å². The number of hydrogen-bond acceptors (Lipinski definition) is 5. The molecule has 0 bridgehead atoms. The fraction of sp³-hybridized carbons (Fsp3) is 0.667. The Morgan fingerprint density at radius 1 is 1.21 bits per heavy atom. The van der Waals surface area contributed by atoms with Crippen molar-refractivity contribution in [3.8, 4) is 11.5 Å². The molecule has 1 aromatic carbocycles. The zero-order valence-corrected chi connectivity index (χ0v) is 17.4. The summed E-state index contributed by atoms with van der Waals surface area (Å²) < 4.78 is 16.7. The van der Waals surface area contributed by atoms with E-state index in [2.05, 4.69) is 24.1 Å². The van der Waals surface area contributed by atoms with E-state index in [1.807, 2.05) is 23.1 Å². The molecule has 3 rings (SSSR count). The molecule has 3 unspecified atom stereocenters. The van der Waals surface area contributed by atoms with E-state index in [1.165, 1.54) is 0 Å². The third kappa shape index (κ3) is 4.89. The number of rotatable bonds is 6. The number of amides is 2. The van der Waals surface area contributed by atoms with Crippen molar-refractivity contribution in [3.05, 3.63) is 23.8 Å².